The molecule has 0 aliphatic heterocycles. The van der Waals surface area contributed by atoms with Crippen LogP contribution in [0.15, 0.2) is 36.4 Å². The zero-order valence-electron chi connectivity index (χ0n) is 13.6. The van der Waals surface area contributed by atoms with Crippen LogP contribution < -0.4 is 10.1 Å². The third-order valence-corrected chi connectivity index (χ3v) is 4.11. The highest BCUT2D eigenvalue weighted by Crippen LogP contribution is 2.25. The molecule has 24 heavy (non-hydrogen) atoms. The van der Waals surface area contributed by atoms with E-state index in [2.05, 4.69) is 15.3 Å². The molecule has 2 aromatic carbocycles. The standard InChI is InChI=1S/C18H16ClN3O2/c1-10-8-14-15(9-11(10)2)22-18(24-3)16(20-14)17(23)21-13-7-5-4-6-12(13)19/h4-9H,1-3H3,(H,21,23). The number of aryl methyl sites for hydroxylation is 2. The van der Waals surface area contributed by atoms with Gasteiger partial charge in [-0.05, 0) is 49.2 Å². The molecule has 122 valence electrons. The summed E-state index contributed by atoms with van der Waals surface area (Å²) in [5.41, 5.74) is 4.14. The van der Waals surface area contributed by atoms with Crippen LogP contribution in [0.2, 0.25) is 5.02 Å². The van der Waals surface area contributed by atoms with Gasteiger partial charge in [-0.1, -0.05) is 23.7 Å². The Kier molecular flexibility index (Phi) is 4.36. The van der Waals surface area contributed by atoms with E-state index in [1.165, 1.54) is 7.11 Å². The van der Waals surface area contributed by atoms with E-state index >= 15 is 0 Å². The smallest absolute Gasteiger partial charge is 0.279 e. The summed E-state index contributed by atoms with van der Waals surface area (Å²) >= 11 is 6.08. The second-order valence-corrected chi connectivity index (χ2v) is 5.85. The SMILES string of the molecule is COc1nc2cc(C)c(C)cc2nc1C(=O)Nc1ccccc1Cl. The second-order valence-electron chi connectivity index (χ2n) is 5.44. The molecule has 1 amide bonds. The molecule has 0 aliphatic carbocycles. The first kappa shape index (κ1) is 16.2. The average Bonchev–Trinajstić information content (AvgIpc) is 2.57. The lowest BCUT2D eigenvalue weighted by Crippen LogP contribution is -2.16. The number of methoxy groups -OCH3 is 1. The molecule has 0 fully saturated rings. The number of rotatable bonds is 3. The Bertz CT molecular complexity index is 941. The van der Waals surface area contributed by atoms with Crippen LogP contribution in [0, 0.1) is 13.8 Å². The third-order valence-electron chi connectivity index (χ3n) is 3.78. The number of nitrogens with zero attached hydrogens (tertiary/aromatic N) is 2. The third kappa shape index (κ3) is 3.03. The minimum absolute atomic E-state index is 0.119. The molecular formula is C18H16ClN3O2. The number of amides is 1. The Morgan fingerprint density at radius 1 is 1.08 bits per heavy atom. The lowest BCUT2D eigenvalue weighted by molar-refractivity contribution is 0.101. The maximum atomic E-state index is 12.6. The predicted octanol–water partition coefficient (Wildman–Crippen LogP) is 4.16. The van der Waals surface area contributed by atoms with Crippen molar-refractivity contribution in [2.24, 2.45) is 0 Å². The summed E-state index contributed by atoms with van der Waals surface area (Å²) in [6, 6.07) is 10.8. The van der Waals surface area contributed by atoms with E-state index < -0.39 is 5.91 Å². The number of para-hydroxylation sites is 1. The van der Waals surface area contributed by atoms with Crippen LogP contribution in [0.4, 0.5) is 5.69 Å². The minimum atomic E-state index is -0.424. The van der Waals surface area contributed by atoms with Crippen LogP contribution in [-0.2, 0) is 0 Å². The Morgan fingerprint density at radius 3 is 2.33 bits per heavy atom. The van der Waals surface area contributed by atoms with E-state index in [1.807, 2.05) is 26.0 Å². The fourth-order valence-electron chi connectivity index (χ4n) is 2.33. The lowest BCUT2D eigenvalue weighted by Gasteiger charge is -2.11. The van der Waals surface area contributed by atoms with E-state index in [9.17, 15) is 4.79 Å². The summed E-state index contributed by atoms with van der Waals surface area (Å²) in [6.07, 6.45) is 0. The highest BCUT2D eigenvalue weighted by Gasteiger charge is 2.18. The van der Waals surface area contributed by atoms with Gasteiger partial charge in [-0.2, -0.15) is 0 Å². The van der Waals surface area contributed by atoms with Crippen LogP contribution >= 0.6 is 11.6 Å². The molecule has 1 heterocycles. The summed E-state index contributed by atoms with van der Waals surface area (Å²) in [5, 5.41) is 3.19. The number of carbonyl (C=O) groups is 1. The van der Waals surface area contributed by atoms with Crippen molar-refractivity contribution >= 4 is 34.2 Å². The van der Waals surface area contributed by atoms with Gasteiger partial charge in [0.1, 0.15) is 0 Å². The Morgan fingerprint density at radius 2 is 1.71 bits per heavy atom. The van der Waals surface area contributed by atoms with Crippen LogP contribution in [0.25, 0.3) is 11.0 Å². The molecule has 0 atom stereocenters. The van der Waals surface area contributed by atoms with Crippen LogP contribution in [0.1, 0.15) is 21.6 Å². The number of carbonyl (C=O) groups excluding carboxylic acids is 1. The van der Waals surface area contributed by atoms with E-state index in [0.29, 0.717) is 21.7 Å². The molecule has 1 aromatic heterocycles. The lowest BCUT2D eigenvalue weighted by atomic mass is 10.1. The molecule has 3 aromatic rings. The van der Waals surface area contributed by atoms with Gasteiger partial charge in [0.25, 0.3) is 5.91 Å². The molecular weight excluding hydrogens is 326 g/mol. The molecule has 1 N–H and O–H groups in total. The summed E-state index contributed by atoms with van der Waals surface area (Å²) < 4.78 is 5.25. The second kappa shape index (κ2) is 6.45. The minimum Gasteiger partial charge on any atom is -0.479 e. The van der Waals surface area contributed by atoms with Gasteiger partial charge in [0.2, 0.25) is 5.88 Å². The zero-order chi connectivity index (χ0) is 17.3. The fraction of sp³-hybridized carbons (Fsp3) is 0.167. The van der Waals surface area contributed by atoms with Gasteiger partial charge >= 0.3 is 0 Å². The number of benzene rings is 2. The first-order valence-corrected chi connectivity index (χ1v) is 7.76. The largest absolute Gasteiger partial charge is 0.479 e. The normalized spacial score (nSPS) is 10.7. The maximum Gasteiger partial charge on any atom is 0.279 e. The van der Waals surface area contributed by atoms with Crippen molar-refractivity contribution < 1.29 is 9.53 Å². The van der Waals surface area contributed by atoms with E-state index in [1.54, 1.807) is 24.3 Å². The van der Waals surface area contributed by atoms with Gasteiger partial charge in [0.05, 0.1) is 28.9 Å². The average molecular weight is 342 g/mol. The molecule has 0 saturated carbocycles. The van der Waals surface area contributed by atoms with Crippen LogP contribution in [0.5, 0.6) is 5.88 Å². The number of nitrogens with one attached hydrogen (secondary N) is 1. The molecule has 0 radical (unpaired) electrons. The highest BCUT2D eigenvalue weighted by atomic mass is 35.5. The fourth-order valence-corrected chi connectivity index (χ4v) is 2.51. The summed E-state index contributed by atoms with van der Waals surface area (Å²) in [7, 11) is 1.46. The molecule has 0 bridgehead atoms. The van der Waals surface area contributed by atoms with Crippen molar-refractivity contribution in [2.45, 2.75) is 13.8 Å². The first-order valence-electron chi connectivity index (χ1n) is 7.38. The first-order chi connectivity index (χ1) is 11.5. The Labute approximate surface area is 144 Å². The Hall–Kier alpha value is -2.66. The Balaban J connectivity index is 2.05. The summed E-state index contributed by atoms with van der Waals surface area (Å²) in [5.74, 6) is -0.247. The van der Waals surface area contributed by atoms with Crippen molar-refractivity contribution in [3.63, 3.8) is 0 Å². The predicted molar refractivity (Wildman–Crippen MR) is 95.0 cm³/mol. The van der Waals surface area contributed by atoms with Gasteiger partial charge in [0.15, 0.2) is 5.69 Å². The quantitative estimate of drug-likeness (QED) is 0.776. The number of fused-ring (bicyclic) bond motifs is 1. The molecule has 3 rings (SSSR count). The molecule has 0 spiro atoms. The molecule has 0 unspecified atom stereocenters. The van der Waals surface area contributed by atoms with Crippen molar-refractivity contribution in [1.29, 1.82) is 0 Å². The van der Waals surface area contributed by atoms with Crippen molar-refractivity contribution in [3.05, 3.63) is 58.2 Å². The van der Waals surface area contributed by atoms with Gasteiger partial charge in [-0.25, -0.2) is 9.97 Å². The monoisotopic (exact) mass is 341 g/mol. The van der Waals surface area contributed by atoms with Crippen LogP contribution in [-0.4, -0.2) is 23.0 Å². The van der Waals surface area contributed by atoms with E-state index in [0.717, 1.165) is 11.1 Å². The van der Waals surface area contributed by atoms with E-state index in [4.69, 9.17) is 16.3 Å². The summed E-state index contributed by atoms with van der Waals surface area (Å²) in [6.45, 7) is 3.99. The van der Waals surface area contributed by atoms with Crippen LogP contribution in [0.3, 0.4) is 0 Å². The highest BCUT2D eigenvalue weighted by molar-refractivity contribution is 6.33. The number of anilines is 1. The number of ether oxygens (including phenoxy) is 1. The van der Waals surface area contributed by atoms with Gasteiger partial charge in [-0.15, -0.1) is 0 Å². The van der Waals surface area contributed by atoms with Crippen molar-refractivity contribution in [3.8, 4) is 5.88 Å². The van der Waals surface area contributed by atoms with E-state index in [-0.39, 0.29) is 11.6 Å². The topological polar surface area (TPSA) is 64.1 Å². The molecule has 0 saturated heterocycles. The molecule has 0 aliphatic rings. The number of halogens is 1. The van der Waals surface area contributed by atoms with Gasteiger partial charge in [0, 0.05) is 0 Å². The van der Waals surface area contributed by atoms with Gasteiger partial charge in [-0.3, -0.25) is 4.79 Å². The number of aromatic nitrogens is 2. The number of hydrogen-bond donors (Lipinski definition) is 1. The molecule has 5 nitrogen and oxygen atoms in total. The van der Waals surface area contributed by atoms with Crippen molar-refractivity contribution in [1.82, 2.24) is 9.97 Å². The maximum absolute atomic E-state index is 12.6. The summed E-state index contributed by atoms with van der Waals surface area (Å²) in [4.78, 5) is 21.4. The zero-order valence-corrected chi connectivity index (χ0v) is 14.3. The molecule has 6 heteroatoms. The van der Waals surface area contributed by atoms with Gasteiger partial charge < -0.3 is 10.1 Å². The van der Waals surface area contributed by atoms with Crippen molar-refractivity contribution in [2.75, 3.05) is 12.4 Å². The number of hydrogen-bond acceptors (Lipinski definition) is 4.